The molecule has 0 spiro atoms. The normalized spacial score (nSPS) is 16.0. The van der Waals surface area contributed by atoms with Crippen molar-refractivity contribution in [1.29, 1.82) is 0 Å². The highest BCUT2D eigenvalue weighted by molar-refractivity contribution is 7.21. The first-order valence-corrected chi connectivity index (χ1v) is 9.95. The number of nitrogens with one attached hydrogen (secondary N) is 1. The maximum Gasteiger partial charge on any atom is 0.267 e. The average Bonchev–Trinajstić information content (AvgIpc) is 3.00. The van der Waals surface area contributed by atoms with Gasteiger partial charge in [-0.15, -0.1) is 11.3 Å². The van der Waals surface area contributed by atoms with Crippen molar-refractivity contribution in [3.8, 4) is 0 Å². The summed E-state index contributed by atoms with van der Waals surface area (Å²) in [5.74, 6) is -0.383. The van der Waals surface area contributed by atoms with Gasteiger partial charge in [-0.3, -0.25) is 4.79 Å². The summed E-state index contributed by atoms with van der Waals surface area (Å²) in [7, 11) is 0. The Morgan fingerprint density at radius 2 is 2.11 bits per heavy atom. The second-order valence-corrected chi connectivity index (χ2v) is 8.34. The largest absolute Gasteiger partial charge is 0.397 e. The van der Waals surface area contributed by atoms with E-state index in [1.165, 1.54) is 29.5 Å². The first-order valence-electron chi connectivity index (χ1n) is 8.75. The topological polar surface area (TPSA) is 71.2 Å². The quantitative estimate of drug-likeness (QED) is 0.656. The molecule has 2 aromatic heterocycles. The summed E-state index contributed by atoms with van der Waals surface area (Å²) >= 11 is 7.07. The lowest BCUT2D eigenvalue weighted by atomic mass is 9.86. The Bertz CT molecular complexity index is 1090. The van der Waals surface area contributed by atoms with Crippen LogP contribution < -0.4 is 16.0 Å². The number of rotatable bonds is 2. The van der Waals surface area contributed by atoms with Crippen molar-refractivity contribution < 1.29 is 9.18 Å². The van der Waals surface area contributed by atoms with Gasteiger partial charge < -0.3 is 16.0 Å². The Kier molecular flexibility index (Phi) is 3.77. The van der Waals surface area contributed by atoms with Crippen LogP contribution in [0.3, 0.4) is 0 Å². The summed E-state index contributed by atoms with van der Waals surface area (Å²) in [6.45, 7) is 2.10. The molecule has 3 aromatic rings. The smallest absolute Gasteiger partial charge is 0.267 e. The Morgan fingerprint density at radius 1 is 1.33 bits per heavy atom. The van der Waals surface area contributed by atoms with Crippen LogP contribution in [0.5, 0.6) is 0 Å². The zero-order valence-corrected chi connectivity index (χ0v) is 15.8. The predicted molar refractivity (Wildman–Crippen MR) is 108 cm³/mol. The maximum absolute atomic E-state index is 13.3. The minimum atomic E-state index is -0.532. The molecule has 5 nitrogen and oxygen atoms in total. The van der Waals surface area contributed by atoms with E-state index in [4.69, 9.17) is 22.3 Å². The van der Waals surface area contributed by atoms with Crippen LogP contribution >= 0.6 is 22.9 Å². The molecule has 27 heavy (non-hydrogen) atoms. The lowest BCUT2D eigenvalue weighted by Crippen LogP contribution is -2.39. The molecule has 1 aromatic carbocycles. The highest BCUT2D eigenvalue weighted by atomic mass is 35.5. The third-order valence-corrected chi connectivity index (χ3v) is 6.74. The number of nitrogen functional groups attached to an aromatic ring is 1. The molecule has 0 atom stereocenters. The Labute approximate surface area is 163 Å². The van der Waals surface area contributed by atoms with Gasteiger partial charge in [0.15, 0.2) is 0 Å². The monoisotopic (exact) mass is 402 g/mol. The Hall–Kier alpha value is -2.38. The van der Waals surface area contributed by atoms with Crippen molar-refractivity contribution in [3.63, 3.8) is 0 Å². The van der Waals surface area contributed by atoms with Crippen molar-refractivity contribution in [1.82, 2.24) is 4.98 Å². The van der Waals surface area contributed by atoms with Crippen LogP contribution in [-0.2, 0) is 0 Å². The summed E-state index contributed by atoms with van der Waals surface area (Å²) in [5, 5.41) is 3.50. The van der Waals surface area contributed by atoms with Gasteiger partial charge in [0.25, 0.3) is 5.91 Å². The fraction of sp³-hybridized carbons (Fsp3) is 0.263. The third kappa shape index (κ3) is 2.64. The first kappa shape index (κ1) is 16.8. The number of anilines is 3. The lowest BCUT2D eigenvalue weighted by molar-refractivity contribution is 0.103. The molecular formula is C19H16ClFN4OS. The number of carbonyl (C=O) groups is 1. The van der Waals surface area contributed by atoms with Gasteiger partial charge in [-0.25, -0.2) is 9.37 Å². The number of benzene rings is 1. The van der Waals surface area contributed by atoms with Crippen LogP contribution in [0.15, 0.2) is 24.3 Å². The Balaban J connectivity index is 1.53. The van der Waals surface area contributed by atoms with Crippen molar-refractivity contribution >= 4 is 56.1 Å². The molecule has 138 valence electrons. The van der Waals surface area contributed by atoms with Crippen LogP contribution in [0.2, 0.25) is 5.02 Å². The van der Waals surface area contributed by atoms with E-state index in [2.05, 4.69) is 16.3 Å². The Morgan fingerprint density at radius 3 is 2.85 bits per heavy atom. The van der Waals surface area contributed by atoms with Gasteiger partial charge in [-0.05, 0) is 37.1 Å². The van der Waals surface area contributed by atoms with E-state index >= 15 is 0 Å². The van der Waals surface area contributed by atoms with Gasteiger partial charge in [-0.2, -0.15) is 0 Å². The number of amides is 1. The number of nitrogens with two attached hydrogens (primary N) is 1. The van der Waals surface area contributed by atoms with Crippen LogP contribution in [0.1, 0.15) is 34.1 Å². The molecular weight excluding hydrogens is 387 g/mol. The number of halogens is 2. The molecule has 2 bridgehead atoms. The number of hydrogen-bond donors (Lipinski definition) is 2. The molecule has 6 rings (SSSR count). The molecule has 3 N–H and O–H groups in total. The van der Waals surface area contributed by atoms with Gasteiger partial charge in [0.1, 0.15) is 15.5 Å². The molecule has 1 saturated heterocycles. The highest BCUT2D eigenvalue weighted by Crippen LogP contribution is 2.45. The average molecular weight is 403 g/mol. The summed E-state index contributed by atoms with van der Waals surface area (Å²) < 4.78 is 13.3. The van der Waals surface area contributed by atoms with Crippen molar-refractivity contribution in [2.75, 3.05) is 29.0 Å². The number of carbonyl (C=O) groups excluding carboxylic acids is 1. The number of hydrogen-bond acceptors (Lipinski definition) is 5. The van der Waals surface area contributed by atoms with Crippen molar-refractivity contribution in [2.45, 2.75) is 18.8 Å². The molecule has 0 saturated carbocycles. The third-order valence-electron chi connectivity index (χ3n) is 5.34. The SMILES string of the molecule is Nc1c(C(=O)Nc2ccc(F)c(Cl)c2)sc2nc3c(cc12)N1CCC3CC1. The summed E-state index contributed by atoms with van der Waals surface area (Å²) in [5.41, 5.74) is 9.40. The van der Waals surface area contributed by atoms with Gasteiger partial charge >= 0.3 is 0 Å². The number of fused-ring (bicyclic) bond motifs is 3. The highest BCUT2D eigenvalue weighted by Gasteiger charge is 2.33. The fourth-order valence-electron chi connectivity index (χ4n) is 3.92. The van der Waals surface area contributed by atoms with Crippen LogP contribution in [-0.4, -0.2) is 24.0 Å². The molecule has 1 fully saturated rings. The molecule has 3 aliphatic rings. The summed E-state index contributed by atoms with van der Waals surface area (Å²) in [4.78, 5) is 21.1. The maximum atomic E-state index is 13.3. The fourth-order valence-corrected chi connectivity index (χ4v) is 5.08. The number of nitrogens with zero attached hydrogens (tertiary/aromatic N) is 2. The minimum absolute atomic E-state index is 0.0454. The second kappa shape index (κ2) is 6.07. The van der Waals surface area contributed by atoms with E-state index in [0.717, 1.165) is 47.5 Å². The number of aromatic nitrogens is 1. The zero-order valence-electron chi connectivity index (χ0n) is 14.3. The zero-order chi connectivity index (χ0) is 18.7. The molecule has 0 unspecified atom stereocenters. The molecule has 8 heteroatoms. The van der Waals surface area contributed by atoms with Crippen LogP contribution in [0, 0.1) is 5.82 Å². The minimum Gasteiger partial charge on any atom is -0.397 e. The van der Waals surface area contributed by atoms with Gasteiger partial charge in [-0.1, -0.05) is 11.6 Å². The van der Waals surface area contributed by atoms with E-state index in [1.807, 2.05) is 0 Å². The summed E-state index contributed by atoms with van der Waals surface area (Å²) in [6.07, 6.45) is 2.26. The summed E-state index contributed by atoms with van der Waals surface area (Å²) in [6, 6.07) is 6.12. The van der Waals surface area contributed by atoms with E-state index in [9.17, 15) is 9.18 Å². The van der Waals surface area contributed by atoms with E-state index in [-0.39, 0.29) is 10.9 Å². The number of piperidine rings is 1. The molecule has 3 aliphatic heterocycles. The second-order valence-electron chi connectivity index (χ2n) is 6.93. The predicted octanol–water partition coefficient (Wildman–Crippen LogP) is 4.62. The van der Waals surface area contributed by atoms with Gasteiger partial charge in [0.05, 0.1) is 22.1 Å². The van der Waals surface area contributed by atoms with Crippen LogP contribution in [0.4, 0.5) is 21.5 Å². The molecule has 0 radical (unpaired) electrons. The van der Waals surface area contributed by atoms with Crippen molar-refractivity contribution in [2.24, 2.45) is 0 Å². The standard InChI is InChI=1S/C19H16ClFN4OS/c20-12-7-10(1-2-13(12)21)23-18(26)17-15(22)11-8-14-16(24-19(11)27-17)9-3-5-25(14)6-4-9/h1-2,7-9H,3-6,22H2,(H,23,26). The van der Waals surface area contributed by atoms with E-state index in [0.29, 0.717) is 22.2 Å². The number of pyridine rings is 1. The van der Waals surface area contributed by atoms with Crippen LogP contribution in [0.25, 0.3) is 10.2 Å². The number of thiophene rings is 1. The van der Waals surface area contributed by atoms with Gasteiger partial charge in [0, 0.05) is 30.1 Å². The lowest BCUT2D eigenvalue weighted by Gasteiger charge is -2.41. The molecule has 1 amide bonds. The van der Waals surface area contributed by atoms with E-state index < -0.39 is 5.82 Å². The molecule has 0 aliphatic carbocycles. The van der Waals surface area contributed by atoms with E-state index in [1.54, 1.807) is 0 Å². The first-order chi connectivity index (χ1) is 13.0. The van der Waals surface area contributed by atoms with Crippen molar-refractivity contribution in [3.05, 3.63) is 45.7 Å². The molecule has 5 heterocycles. The van der Waals surface area contributed by atoms with Gasteiger partial charge in [0.2, 0.25) is 0 Å².